The molecule has 0 heterocycles. The summed E-state index contributed by atoms with van der Waals surface area (Å²) in [5.74, 6) is 1.03. The minimum absolute atomic E-state index is 0.496. The van der Waals surface area contributed by atoms with E-state index in [4.69, 9.17) is 10.5 Å². The van der Waals surface area contributed by atoms with Gasteiger partial charge in [-0.15, -0.1) is 6.58 Å². The Morgan fingerprint density at radius 1 is 1.53 bits per heavy atom. The molecule has 15 heavy (non-hydrogen) atoms. The average molecular weight is 213 g/mol. The van der Waals surface area contributed by atoms with Crippen molar-refractivity contribution < 1.29 is 4.74 Å². The maximum absolute atomic E-state index is 5.63. The third-order valence-electron chi connectivity index (χ3n) is 1.65. The quantitative estimate of drug-likeness (QED) is 0.275. The maximum atomic E-state index is 5.63. The number of hydrogen-bond acceptors (Lipinski definition) is 2. The van der Waals surface area contributed by atoms with Crippen molar-refractivity contribution in [3.05, 3.63) is 12.7 Å². The highest BCUT2D eigenvalue weighted by Crippen LogP contribution is 1.90. The summed E-state index contributed by atoms with van der Waals surface area (Å²) in [5.41, 5.74) is 5.63. The van der Waals surface area contributed by atoms with Crippen LogP contribution in [0.5, 0.6) is 0 Å². The van der Waals surface area contributed by atoms with Crippen LogP contribution in [0.3, 0.4) is 0 Å². The van der Waals surface area contributed by atoms with Gasteiger partial charge in [0.15, 0.2) is 5.96 Å². The van der Waals surface area contributed by atoms with Crippen molar-refractivity contribution in [1.29, 1.82) is 0 Å². The van der Waals surface area contributed by atoms with Gasteiger partial charge in [-0.2, -0.15) is 0 Å². The van der Waals surface area contributed by atoms with Crippen LogP contribution < -0.4 is 11.1 Å². The Hall–Kier alpha value is -1.03. The van der Waals surface area contributed by atoms with E-state index >= 15 is 0 Å². The molecule has 0 saturated carbocycles. The third-order valence-corrected chi connectivity index (χ3v) is 1.65. The number of nitrogens with two attached hydrogens (primary N) is 1. The van der Waals surface area contributed by atoms with Crippen molar-refractivity contribution in [2.24, 2.45) is 16.6 Å². The Kier molecular flexibility index (Phi) is 8.87. The van der Waals surface area contributed by atoms with Gasteiger partial charge in [-0.1, -0.05) is 19.9 Å². The zero-order chi connectivity index (χ0) is 11.5. The molecule has 0 amide bonds. The predicted molar refractivity (Wildman–Crippen MR) is 65.0 cm³/mol. The Morgan fingerprint density at radius 3 is 2.87 bits per heavy atom. The van der Waals surface area contributed by atoms with Crippen LogP contribution in [0.1, 0.15) is 20.3 Å². The molecule has 0 unspecified atom stereocenters. The van der Waals surface area contributed by atoms with E-state index in [-0.39, 0.29) is 0 Å². The largest absolute Gasteiger partial charge is 0.379 e. The molecule has 0 rings (SSSR count). The van der Waals surface area contributed by atoms with Gasteiger partial charge in [0.05, 0.1) is 13.2 Å². The first-order chi connectivity index (χ1) is 7.16. The van der Waals surface area contributed by atoms with Gasteiger partial charge in [0.2, 0.25) is 0 Å². The van der Waals surface area contributed by atoms with Crippen LogP contribution in [0.2, 0.25) is 0 Å². The van der Waals surface area contributed by atoms with Gasteiger partial charge in [0, 0.05) is 13.1 Å². The van der Waals surface area contributed by atoms with Crippen molar-refractivity contribution >= 4 is 5.96 Å². The summed E-state index contributed by atoms with van der Waals surface area (Å²) in [5, 5.41) is 2.99. The summed E-state index contributed by atoms with van der Waals surface area (Å²) in [6.45, 7) is 10.6. The monoisotopic (exact) mass is 213 g/mol. The van der Waals surface area contributed by atoms with Crippen LogP contribution in [0.4, 0.5) is 0 Å². The standard InChI is InChI=1S/C11H23N3O/c1-4-5-7-15-8-6-13-11(12)14-9-10(2)3/h4,10H,1,5-9H2,2-3H3,(H3,12,13,14). The van der Waals surface area contributed by atoms with Gasteiger partial charge < -0.3 is 15.8 Å². The van der Waals surface area contributed by atoms with E-state index in [0.717, 1.165) is 13.0 Å². The molecule has 4 heteroatoms. The summed E-state index contributed by atoms with van der Waals surface area (Å²) >= 11 is 0. The SMILES string of the molecule is C=CCCOCCNC(N)=NCC(C)C. The molecule has 0 aromatic heterocycles. The van der Waals surface area contributed by atoms with E-state index in [0.29, 0.717) is 31.6 Å². The molecule has 0 atom stereocenters. The number of aliphatic imine (C=N–C) groups is 1. The predicted octanol–water partition coefficient (Wildman–Crippen LogP) is 1.14. The molecule has 0 fully saturated rings. The van der Waals surface area contributed by atoms with E-state index in [1.165, 1.54) is 0 Å². The summed E-state index contributed by atoms with van der Waals surface area (Å²) < 4.78 is 5.31. The van der Waals surface area contributed by atoms with Crippen LogP contribution in [0, 0.1) is 5.92 Å². The summed E-state index contributed by atoms with van der Waals surface area (Å²) in [6.07, 6.45) is 2.73. The van der Waals surface area contributed by atoms with Crippen LogP contribution in [-0.2, 0) is 4.74 Å². The first-order valence-corrected chi connectivity index (χ1v) is 5.39. The molecule has 0 bridgehead atoms. The van der Waals surface area contributed by atoms with Crippen LogP contribution in [0.25, 0.3) is 0 Å². The van der Waals surface area contributed by atoms with E-state index in [9.17, 15) is 0 Å². The lowest BCUT2D eigenvalue weighted by molar-refractivity contribution is 0.143. The number of guanidine groups is 1. The molecule has 0 aliphatic rings. The van der Waals surface area contributed by atoms with Gasteiger partial charge in [-0.25, -0.2) is 0 Å². The van der Waals surface area contributed by atoms with E-state index in [1.807, 2.05) is 6.08 Å². The zero-order valence-corrected chi connectivity index (χ0v) is 9.83. The highest BCUT2D eigenvalue weighted by atomic mass is 16.5. The van der Waals surface area contributed by atoms with Crippen LogP contribution in [0.15, 0.2) is 17.6 Å². The summed E-state index contributed by atoms with van der Waals surface area (Å²) in [6, 6.07) is 0. The first-order valence-electron chi connectivity index (χ1n) is 5.39. The topological polar surface area (TPSA) is 59.6 Å². The molecule has 88 valence electrons. The maximum Gasteiger partial charge on any atom is 0.188 e. The zero-order valence-electron chi connectivity index (χ0n) is 9.83. The number of rotatable bonds is 8. The van der Waals surface area contributed by atoms with Gasteiger partial charge in [0.25, 0.3) is 0 Å². The van der Waals surface area contributed by atoms with E-state index in [2.05, 4.69) is 30.7 Å². The molecular weight excluding hydrogens is 190 g/mol. The van der Waals surface area contributed by atoms with Gasteiger partial charge in [-0.05, 0) is 12.3 Å². The minimum Gasteiger partial charge on any atom is -0.379 e. The molecule has 0 radical (unpaired) electrons. The van der Waals surface area contributed by atoms with Crippen molar-refractivity contribution in [3.8, 4) is 0 Å². The lowest BCUT2D eigenvalue weighted by atomic mass is 10.2. The highest BCUT2D eigenvalue weighted by molar-refractivity contribution is 5.77. The normalized spacial score (nSPS) is 11.8. The van der Waals surface area contributed by atoms with Gasteiger partial charge in [-0.3, -0.25) is 4.99 Å². The molecule has 0 spiro atoms. The second-order valence-corrected chi connectivity index (χ2v) is 3.74. The second-order valence-electron chi connectivity index (χ2n) is 3.74. The molecule has 0 aromatic rings. The van der Waals surface area contributed by atoms with Crippen molar-refractivity contribution in [2.75, 3.05) is 26.3 Å². The van der Waals surface area contributed by atoms with Gasteiger partial charge in [0.1, 0.15) is 0 Å². The van der Waals surface area contributed by atoms with Crippen molar-refractivity contribution in [1.82, 2.24) is 5.32 Å². The number of nitrogens with one attached hydrogen (secondary N) is 1. The smallest absolute Gasteiger partial charge is 0.188 e. The Bertz CT molecular complexity index is 190. The van der Waals surface area contributed by atoms with Crippen LogP contribution in [-0.4, -0.2) is 32.3 Å². The number of ether oxygens (including phenoxy) is 1. The fourth-order valence-electron chi connectivity index (χ4n) is 0.857. The molecule has 0 saturated heterocycles. The molecule has 0 aliphatic heterocycles. The Morgan fingerprint density at radius 2 is 2.27 bits per heavy atom. The molecule has 0 aliphatic carbocycles. The average Bonchev–Trinajstić information content (AvgIpc) is 2.20. The lowest BCUT2D eigenvalue weighted by Crippen LogP contribution is -2.34. The number of nitrogens with zero attached hydrogens (tertiary/aromatic N) is 1. The summed E-state index contributed by atoms with van der Waals surface area (Å²) in [4.78, 5) is 4.17. The molecular formula is C11H23N3O. The van der Waals surface area contributed by atoms with E-state index in [1.54, 1.807) is 0 Å². The van der Waals surface area contributed by atoms with Crippen molar-refractivity contribution in [3.63, 3.8) is 0 Å². The number of hydrogen-bond donors (Lipinski definition) is 2. The van der Waals surface area contributed by atoms with Crippen molar-refractivity contribution in [2.45, 2.75) is 20.3 Å². The third kappa shape index (κ3) is 10.9. The Labute approximate surface area is 92.6 Å². The molecule has 4 nitrogen and oxygen atoms in total. The highest BCUT2D eigenvalue weighted by Gasteiger charge is 1.93. The summed E-state index contributed by atoms with van der Waals surface area (Å²) in [7, 11) is 0. The van der Waals surface area contributed by atoms with Crippen LogP contribution >= 0.6 is 0 Å². The molecule has 0 aromatic carbocycles. The van der Waals surface area contributed by atoms with E-state index < -0.39 is 0 Å². The molecule has 3 N–H and O–H groups in total. The lowest BCUT2D eigenvalue weighted by Gasteiger charge is -2.06. The van der Waals surface area contributed by atoms with Gasteiger partial charge >= 0.3 is 0 Å². The minimum atomic E-state index is 0.496. The fourth-order valence-corrected chi connectivity index (χ4v) is 0.857. The second kappa shape index (κ2) is 9.52. The Balaban J connectivity index is 3.34. The fraction of sp³-hybridized carbons (Fsp3) is 0.727. The first kappa shape index (κ1) is 14.0.